The number of hydrogen-bond donors (Lipinski definition) is 0. The highest BCUT2D eigenvalue weighted by Gasteiger charge is 2.40. The molecule has 0 spiro atoms. The van der Waals surface area contributed by atoms with Crippen LogP contribution in [0.25, 0.3) is 17.4 Å². The van der Waals surface area contributed by atoms with E-state index < -0.39 is 0 Å². The third kappa shape index (κ3) is 2.07. The highest BCUT2D eigenvalue weighted by molar-refractivity contribution is 6.41. The van der Waals surface area contributed by atoms with E-state index in [-0.39, 0.29) is 22.6 Å². The van der Waals surface area contributed by atoms with Gasteiger partial charge in [0.15, 0.2) is 11.6 Å². The van der Waals surface area contributed by atoms with E-state index in [9.17, 15) is 9.59 Å². The van der Waals surface area contributed by atoms with Crippen LogP contribution in [0, 0.1) is 6.92 Å². The highest BCUT2D eigenvalue weighted by Crippen LogP contribution is 2.49. The van der Waals surface area contributed by atoms with Gasteiger partial charge in [-0.3, -0.25) is 14.6 Å². The first-order chi connectivity index (χ1) is 12.9. The summed E-state index contributed by atoms with van der Waals surface area (Å²) in [6.07, 6.45) is 1.57. The van der Waals surface area contributed by atoms with E-state index in [0.29, 0.717) is 16.9 Å². The zero-order chi connectivity index (χ0) is 18.9. The number of ketones is 2. The zero-order valence-corrected chi connectivity index (χ0v) is 15.3. The Balaban J connectivity index is 1.63. The monoisotopic (exact) mass is 355 g/mol. The third-order valence-electron chi connectivity index (χ3n) is 5.49. The number of furan rings is 1. The molecule has 0 N–H and O–H groups in total. The summed E-state index contributed by atoms with van der Waals surface area (Å²) in [7, 11) is 0. The van der Waals surface area contributed by atoms with E-state index in [1.165, 1.54) is 0 Å². The van der Waals surface area contributed by atoms with Gasteiger partial charge in [0.2, 0.25) is 0 Å². The number of hydrogen-bond acceptors (Lipinski definition) is 4. The van der Waals surface area contributed by atoms with Crippen LogP contribution >= 0.6 is 0 Å². The van der Waals surface area contributed by atoms with Crippen molar-refractivity contribution in [1.29, 1.82) is 0 Å². The fraction of sp³-hybridized carbons (Fsp3) is 0.174. The van der Waals surface area contributed by atoms with Crippen LogP contribution in [0.1, 0.15) is 57.3 Å². The van der Waals surface area contributed by atoms with Gasteiger partial charge in [-0.2, -0.15) is 0 Å². The van der Waals surface area contributed by atoms with E-state index in [2.05, 4.69) is 13.8 Å². The number of pyridine rings is 1. The standard InChI is InChI=1S/C23H17NO3/c1-12-8-9-16-21-18(23(2,3)22(16)24-12)11-13(27-21)10-17-19(25)14-6-4-5-7-15(14)20(17)26/h4-11H,1-3H3. The van der Waals surface area contributed by atoms with Crippen LogP contribution in [0.15, 0.2) is 52.5 Å². The Labute approximate surface area is 156 Å². The quantitative estimate of drug-likeness (QED) is 0.467. The molecule has 2 heterocycles. The maximum Gasteiger partial charge on any atom is 0.197 e. The van der Waals surface area contributed by atoms with E-state index in [1.807, 2.05) is 25.1 Å². The summed E-state index contributed by atoms with van der Waals surface area (Å²) in [5.41, 5.74) is 4.74. The van der Waals surface area contributed by atoms with Crippen molar-refractivity contribution in [3.05, 3.63) is 81.9 Å². The number of carbonyl (C=O) groups excluding carboxylic acids is 2. The fourth-order valence-corrected chi connectivity index (χ4v) is 4.04. The minimum absolute atomic E-state index is 0.156. The van der Waals surface area contributed by atoms with Gasteiger partial charge in [0.05, 0.1) is 11.3 Å². The molecular formula is C23H17NO3. The summed E-state index contributed by atoms with van der Waals surface area (Å²) in [5, 5.41) is 0. The number of fused-ring (bicyclic) bond motifs is 4. The Hall–Kier alpha value is -3.27. The highest BCUT2D eigenvalue weighted by atomic mass is 16.3. The molecule has 0 fully saturated rings. The van der Waals surface area contributed by atoms with Crippen molar-refractivity contribution in [2.24, 2.45) is 0 Å². The van der Waals surface area contributed by atoms with Crippen molar-refractivity contribution in [1.82, 2.24) is 4.98 Å². The molecule has 0 unspecified atom stereocenters. The van der Waals surface area contributed by atoms with Gasteiger partial charge < -0.3 is 4.42 Å². The molecular weight excluding hydrogens is 338 g/mol. The molecule has 0 amide bonds. The van der Waals surface area contributed by atoms with Gasteiger partial charge in [-0.05, 0) is 45.0 Å². The number of aromatic nitrogens is 1. The lowest BCUT2D eigenvalue weighted by atomic mass is 9.86. The van der Waals surface area contributed by atoms with Gasteiger partial charge in [-0.15, -0.1) is 0 Å². The van der Waals surface area contributed by atoms with Gasteiger partial charge in [0.25, 0.3) is 0 Å². The van der Waals surface area contributed by atoms with Crippen molar-refractivity contribution in [3.8, 4) is 11.3 Å². The molecule has 0 atom stereocenters. The van der Waals surface area contributed by atoms with E-state index in [0.717, 1.165) is 28.3 Å². The SMILES string of the molecule is Cc1ccc2c(n1)C(C)(C)c1cc(C=C3C(=O)c4ccccc4C3=O)oc1-2. The van der Waals surface area contributed by atoms with Crippen molar-refractivity contribution < 1.29 is 14.0 Å². The number of aryl methyl sites for hydroxylation is 1. The molecule has 0 saturated carbocycles. The minimum Gasteiger partial charge on any atom is -0.456 e. The first-order valence-corrected chi connectivity index (χ1v) is 8.91. The number of Topliss-reactive ketones (excluding diaryl/α,β-unsaturated/α-hetero) is 2. The molecule has 4 heteroatoms. The predicted octanol–water partition coefficient (Wildman–Crippen LogP) is 4.75. The van der Waals surface area contributed by atoms with Crippen LogP contribution in [0.5, 0.6) is 0 Å². The van der Waals surface area contributed by atoms with Gasteiger partial charge in [0.1, 0.15) is 11.5 Å². The molecule has 3 aromatic rings. The van der Waals surface area contributed by atoms with Crippen LogP contribution in [0.2, 0.25) is 0 Å². The molecule has 0 bridgehead atoms. The molecule has 0 aliphatic heterocycles. The lowest BCUT2D eigenvalue weighted by molar-refractivity contribution is 0.0990. The molecule has 2 aliphatic carbocycles. The second-order valence-electron chi connectivity index (χ2n) is 7.63. The topological polar surface area (TPSA) is 60.2 Å². The maximum absolute atomic E-state index is 12.6. The van der Waals surface area contributed by atoms with Crippen molar-refractivity contribution in [2.45, 2.75) is 26.2 Å². The van der Waals surface area contributed by atoms with Gasteiger partial charge in [-0.1, -0.05) is 24.3 Å². The third-order valence-corrected chi connectivity index (χ3v) is 5.49. The maximum atomic E-state index is 12.6. The van der Waals surface area contributed by atoms with Crippen LogP contribution < -0.4 is 0 Å². The van der Waals surface area contributed by atoms with Crippen molar-refractivity contribution >= 4 is 17.6 Å². The van der Waals surface area contributed by atoms with Crippen LogP contribution in [-0.4, -0.2) is 16.6 Å². The van der Waals surface area contributed by atoms with Crippen LogP contribution in [-0.2, 0) is 5.41 Å². The normalized spacial score (nSPS) is 16.3. The summed E-state index contributed by atoms with van der Waals surface area (Å²) in [6, 6.07) is 12.8. The first kappa shape index (κ1) is 15.9. The number of rotatable bonds is 1. The van der Waals surface area contributed by atoms with E-state index >= 15 is 0 Å². The molecule has 2 aliphatic rings. The number of carbonyl (C=O) groups is 2. The Morgan fingerprint density at radius 1 is 0.963 bits per heavy atom. The summed E-state index contributed by atoms with van der Waals surface area (Å²) in [5.74, 6) is 0.793. The van der Waals surface area contributed by atoms with Gasteiger partial charge in [-0.25, -0.2) is 0 Å². The molecule has 132 valence electrons. The molecule has 4 nitrogen and oxygen atoms in total. The predicted molar refractivity (Wildman–Crippen MR) is 102 cm³/mol. The zero-order valence-electron chi connectivity index (χ0n) is 15.3. The first-order valence-electron chi connectivity index (χ1n) is 8.91. The second kappa shape index (κ2) is 5.13. The molecule has 0 radical (unpaired) electrons. The molecule has 0 saturated heterocycles. The number of benzene rings is 1. The molecule has 1 aromatic carbocycles. The number of nitrogens with zero attached hydrogens (tertiary/aromatic N) is 1. The second-order valence-corrected chi connectivity index (χ2v) is 7.63. The van der Waals surface area contributed by atoms with Crippen LogP contribution in [0.4, 0.5) is 0 Å². The average molecular weight is 355 g/mol. The van der Waals surface area contributed by atoms with Gasteiger partial charge in [0, 0.05) is 33.4 Å². The molecule has 27 heavy (non-hydrogen) atoms. The largest absolute Gasteiger partial charge is 0.456 e. The minimum atomic E-state index is -0.288. The Morgan fingerprint density at radius 3 is 2.30 bits per heavy atom. The molecule has 2 aromatic heterocycles. The summed E-state index contributed by atoms with van der Waals surface area (Å²) >= 11 is 0. The lowest BCUT2D eigenvalue weighted by Crippen LogP contribution is -2.16. The van der Waals surface area contributed by atoms with E-state index in [4.69, 9.17) is 9.40 Å². The van der Waals surface area contributed by atoms with Crippen LogP contribution in [0.3, 0.4) is 0 Å². The fourth-order valence-electron chi connectivity index (χ4n) is 4.04. The Bertz CT molecular complexity index is 1160. The lowest BCUT2D eigenvalue weighted by Gasteiger charge is -2.18. The average Bonchev–Trinajstić information content (AvgIpc) is 3.24. The van der Waals surface area contributed by atoms with Gasteiger partial charge >= 0.3 is 0 Å². The molecule has 5 rings (SSSR count). The summed E-state index contributed by atoms with van der Waals surface area (Å²) in [6.45, 7) is 6.19. The summed E-state index contributed by atoms with van der Waals surface area (Å²) < 4.78 is 6.06. The smallest absolute Gasteiger partial charge is 0.197 e. The number of allylic oxidation sites excluding steroid dienone is 1. The Morgan fingerprint density at radius 2 is 1.63 bits per heavy atom. The van der Waals surface area contributed by atoms with Crippen molar-refractivity contribution in [2.75, 3.05) is 0 Å². The Kier molecular flexibility index (Phi) is 3.03. The van der Waals surface area contributed by atoms with E-state index in [1.54, 1.807) is 30.3 Å². The summed E-state index contributed by atoms with van der Waals surface area (Å²) in [4.78, 5) is 29.9. The van der Waals surface area contributed by atoms with Crippen molar-refractivity contribution in [3.63, 3.8) is 0 Å².